The van der Waals surface area contributed by atoms with Crippen molar-refractivity contribution in [1.29, 1.82) is 0 Å². The van der Waals surface area contributed by atoms with E-state index in [9.17, 15) is 0 Å². The van der Waals surface area contributed by atoms with Crippen LogP contribution in [0.3, 0.4) is 0 Å². The third-order valence-electron chi connectivity index (χ3n) is 3.98. The maximum absolute atomic E-state index is 5.82. The summed E-state index contributed by atoms with van der Waals surface area (Å²) in [6, 6.07) is 5.86. The number of hydrogen-bond acceptors (Lipinski definition) is 5. The first-order chi connectivity index (χ1) is 10.7. The third kappa shape index (κ3) is 2.09. The highest BCUT2D eigenvalue weighted by Gasteiger charge is 2.23. The molecule has 0 fully saturated rings. The number of ether oxygens (including phenoxy) is 2. The fourth-order valence-electron chi connectivity index (χ4n) is 2.94. The lowest BCUT2D eigenvalue weighted by atomic mass is 10.0. The molecule has 1 aromatic heterocycles. The minimum absolute atomic E-state index is 0.248. The molecular formula is C15H16N4O2S. The Morgan fingerprint density at radius 1 is 1.27 bits per heavy atom. The van der Waals surface area contributed by atoms with Gasteiger partial charge in [0.25, 0.3) is 0 Å². The minimum Gasteiger partial charge on any atom is -0.454 e. The Morgan fingerprint density at radius 2 is 2.14 bits per heavy atom. The SMILES string of the molecule is NC(=S)n1nc(-c2ccc3c(c2)OCO3)c2c1NCCCC2. The van der Waals surface area contributed by atoms with Crippen molar-refractivity contribution in [3.05, 3.63) is 23.8 Å². The van der Waals surface area contributed by atoms with Crippen molar-refractivity contribution in [2.24, 2.45) is 5.73 Å². The van der Waals surface area contributed by atoms with Gasteiger partial charge in [0, 0.05) is 17.7 Å². The van der Waals surface area contributed by atoms with E-state index in [0.29, 0.717) is 0 Å². The van der Waals surface area contributed by atoms with Gasteiger partial charge in [-0.1, -0.05) is 0 Å². The number of nitrogens with zero attached hydrogens (tertiary/aromatic N) is 2. The summed E-state index contributed by atoms with van der Waals surface area (Å²) in [5.74, 6) is 2.43. The molecule has 3 N–H and O–H groups in total. The predicted molar refractivity (Wildman–Crippen MR) is 87.4 cm³/mol. The monoisotopic (exact) mass is 316 g/mol. The minimum atomic E-state index is 0.248. The predicted octanol–water partition coefficient (Wildman–Crippen LogP) is 2.12. The molecule has 1 aromatic carbocycles. The van der Waals surface area contributed by atoms with Gasteiger partial charge in [0.15, 0.2) is 16.6 Å². The normalized spacial score (nSPS) is 15.8. The van der Waals surface area contributed by atoms with Crippen molar-refractivity contribution in [1.82, 2.24) is 9.78 Å². The topological polar surface area (TPSA) is 74.3 Å². The number of thiocarbonyl (C=S) groups is 1. The average Bonchev–Trinajstić information content (AvgIpc) is 3.04. The summed E-state index contributed by atoms with van der Waals surface area (Å²) in [7, 11) is 0. The number of aromatic nitrogens is 2. The van der Waals surface area contributed by atoms with Crippen LogP contribution in [0.25, 0.3) is 11.3 Å². The molecule has 2 aliphatic heterocycles. The van der Waals surface area contributed by atoms with E-state index in [-0.39, 0.29) is 11.9 Å². The van der Waals surface area contributed by atoms with Crippen LogP contribution in [-0.4, -0.2) is 28.2 Å². The van der Waals surface area contributed by atoms with Crippen LogP contribution >= 0.6 is 12.2 Å². The number of anilines is 1. The smallest absolute Gasteiger partial charge is 0.231 e. The molecule has 6 nitrogen and oxygen atoms in total. The van der Waals surface area contributed by atoms with Crippen molar-refractivity contribution in [2.45, 2.75) is 19.3 Å². The van der Waals surface area contributed by atoms with Gasteiger partial charge in [0.1, 0.15) is 5.82 Å². The molecule has 0 atom stereocenters. The van der Waals surface area contributed by atoms with Gasteiger partial charge in [-0.05, 0) is 49.7 Å². The Kier molecular flexibility index (Phi) is 3.15. The molecule has 0 aliphatic carbocycles. The Morgan fingerprint density at radius 3 is 3.00 bits per heavy atom. The first-order valence-corrected chi connectivity index (χ1v) is 7.70. The van der Waals surface area contributed by atoms with E-state index >= 15 is 0 Å². The second-order valence-electron chi connectivity index (χ2n) is 5.38. The quantitative estimate of drug-likeness (QED) is 0.785. The molecule has 22 heavy (non-hydrogen) atoms. The summed E-state index contributed by atoms with van der Waals surface area (Å²) in [6.07, 6.45) is 3.18. The highest BCUT2D eigenvalue weighted by molar-refractivity contribution is 7.80. The van der Waals surface area contributed by atoms with Gasteiger partial charge in [-0.2, -0.15) is 9.78 Å². The number of nitrogens with two attached hydrogens (primary N) is 1. The summed E-state index contributed by atoms with van der Waals surface area (Å²) < 4.78 is 12.4. The van der Waals surface area contributed by atoms with Gasteiger partial charge >= 0.3 is 0 Å². The van der Waals surface area contributed by atoms with Gasteiger partial charge in [-0.3, -0.25) is 0 Å². The number of fused-ring (bicyclic) bond motifs is 2. The zero-order valence-corrected chi connectivity index (χ0v) is 12.8. The molecule has 0 saturated heterocycles. The number of benzene rings is 1. The summed E-state index contributed by atoms with van der Waals surface area (Å²) in [5, 5.41) is 8.26. The summed E-state index contributed by atoms with van der Waals surface area (Å²) in [6.45, 7) is 1.17. The Hall–Kier alpha value is -2.28. The molecule has 0 spiro atoms. The van der Waals surface area contributed by atoms with E-state index in [1.807, 2.05) is 18.2 Å². The molecule has 0 amide bonds. The maximum atomic E-state index is 5.82. The van der Waals surface area contributed by atoms with Crippen LogP contribution in [0.1, 0.15) is 18.4 Å². The second kappa shape index (κ2) is 5.17. The fraction of sp³-hybridized carbons (Fsp3) is 0.333. The summed E-state index contributed by atoms with van der Waals surface area (Å²) in [5.41, 5.74) is 8.86. The van der Waals surface area contributed by atoms with Gasteiger partial charge in [-0.15, -0.1) is 0 Å². The van der Waals surface area contributed by atoms with Crippen molar-refractivity contribution >= 4 is 23.1 Å². The zero-order chi connectivity index (χ0) is 15.1. The average molecular weight is 316 g/mol. The van der Waals surface area contributed by atoms with Crippen molar-refractivity contribution in [3.63, 3.8) is 0 Å². The van der Waals surface area contributed by atoms with Crippen LogP contribution in [0.15, 0.2) is 18.2 Å². The molecule has 4 rings (SSSR count). The molecule has 3 heterocycles. The van der Waals surface area contributed by atoms with Gasteiger partial charge in [0.2, 0.25) is 6.79 Å². The Labute approximate surface area is 133 Å². The second-order valence-corrected chi connectivity index (χ2v) is 5.80. The Balaban J connectivity index is 1.86. The molecular weight excluding hydrogens is 300 g/mol. The molecule has 0 radical (unpaired) electrons. The van der Waals surface area contributed by atoms with E-state index in [1.165, 1.54) is 0 Å². The molecule has 0 saturated carbocycles. The molecule has 2 aliphatic rings. The standard InChI is InChI=1S/C15H16N4O2S/c16-15(22)19-14-10(3-1-2-6-17-14)13(18-19)9-4-5-11-12(7-9)21-8-20-11/h4-5,7,17H,1-3,6,8H2,(H2,16,22). The fourth-order valence-corrected chi connectivity index (χ4v) is 3.07. The van der Waals surface area contributed by atoms with Crippen molar-refractivity contribution in [3.8, 4) is 22.8 Å². The number of nitrogens with one attached hydrogen (secondary N) is 1. The molecule has 0 bridgehead atoms. The first-order valence-electron chi connectivity index (χ1n) is 7.29. The van der Waals surface area contributed by atoms with E-state index in [1.54, 1.807) is 4.68 Å². The van der Waals surface area contributed by atoms with E-state index in [4.69, 9.17) is 27.4 Å². The van der Waals surface area contributed by atoms with Crippen LogP contribution in [0.4, 0.5) is 5.82 Å². The molecule has 114 valence electrons. The summed E-state index contributed by atoms with van der Waals surface area (Å²) in [4.78, 5) is 0. The van der Waals surface area contributed by atoms with E-state index < -0.39 is 0 Å². The van der Waals surface area contributed by atoms with Crippen LogP contribution in [0.2, 0.25) is 0 Å². The third-order valence-corrected chi connectivity index (χ3v) is 4.16. The van der Waals surface area contributed by atoms with Crippen LogP contribution < -0.4 is 20.5 Å². The van der Waals surface area contributed by atoms with Crippen molar-refractivity contribution < 1.29 is 9.47 Å². The lowest BCUT2D eigenvalue weighted by Gasteiger charge is -2.06. The van der Waals surface area contributed by atoms with Crippen LogP contribution in [-0.2, 0) is 6.42 Å². The van der Waals surface area contributed by atoms with Gasteiger partial charge in [0.05, 0.1) is 5.69 Å². The van der Waals surface area contributed by atoms with Gasteiger partial charge in [-0.25, -0.2) is 0 Å². The van der Waals surface area contributed by atoms with Crippen LogP contribution in [0, 0.1) is 0 Å². The van der Waals surface area contributed by atoms with E-state index in [2.05, 4.69) is 10.4 Å². The number of rotatable bonds is 1. The largest absolute Gasteiger partial charge is 0.454 e. The highest BCUT2D eigenvalue weighted by atomic mass is 32.1. The maximum Gasteiger partial charge on any atom is 0.231 e. The van der Waals surface area contributed by atoms with E-state index in [0.717, 1.165) is 59.9 Å². The van der Waals surface area contributed by atoms with Crippen molar-refractivity contribution in [2.75, 3.05) is 18.7 Å². The number of hydrogen-bond donors (Lipinski definition) is 2. The molecule has 7 heteroatoms. The summed E-state index contributed by atoms with van der Waals surface area (Å²) >= 11 is 5.13. The lowest BCUT2D eigenvalue weighted by Crippen LogP contribution is -2.22. The van der Waals surface area contributed by atoms with Crippen LogP contribution in [0.5, 0.6) is 11.5 Å². The van der Waals surface area contributed by atoms with Gasteiger partial charge < -0.3 is 20.5 Å². The zero-order valence-electron chi connectivity index (χ0n) is 12.0. The molecule has 2 aromatic rings. The lowest BCUT2D eigenvalue weighted by molar-refractivity contribution is 0.174. The Bertz CT molecular complexity index is 756. The first kappa shape index (κ1) is 13.4. The molecule has 0 unspecified atom stereocenters. The highest BCUT2D eigenvalue weighted by Crippen LogP contribution is 2.38.